The van der Waals surface area contributed by atoms with Crippen LogP contribution in [0.2, 0.25) is 0 Å². The number of hydrogen-bond donors (Lipinski definition) is 1. The Morgan fingerprint density at radius 2 is 2.18 bits per heavy atom. The van der Waals surface area contributed by atoms with Crippen LogP contribution in [0.5, 0.6) is 0 Å². The van der Waals surface area contributed by atoms with Crippen molar-refractivity contribution in [2.75, 3.05) is 17.3 Å². The summed E-state index contributed by atoms with van der Waals surface area (Å²) in [5.74, 6) is 2.80. The predicted molar refractivity (Wildman–Crippen MR) is 77.9 cm³/mol. The number of anilines is 1. The normalized spacial score (nSPS) is 13.1. The van der Waals surface area contributed by atoms with Crippen molar-refractivity contribution in [2.24, 2.45) is 5.92 Å². The Labute approximate surface area is 109 Å². The highest BCUT2D eigenvalue weighted by atomic mass is 32.2. The van der Waals surface area contributed by atoms with Crippen LogP contribution in [0.3, 0.4) is 0 Å². The van der Waals surface area contributed by atoms with Gasteiger partial charge in [-0.1, -0.05) is 20.8 Å². The topological polar surface area (TPSA) is 29.9 Å². The molecule has 4 heteroatoms. The first-order valence-corrected chi connectivity index (χ1v) is 7.75. The van der Waals surface area contributed by atoms with Gasteiger partial charge in [-0.15, -0.1) is 0 Å². The number of aryl methyl sites for hydroxylation is 1. The third-order valence-corrected chi connectivity index (χ3v) is 3.39. The second-order valence-electron chi connectivity index (χ2n) is 4.96. The molecule has 0 radical (unpaired) electrons. The van der Waals surface area contributed by atoms with E-state index in [-0.39, 0.29) is 0 Å². The molecule has 17 heavy (non-hydrogen) atoms. The molecule has 98 valence electrons. The van der Waals surface area contributed by atoms with E-state index in [1.165, 1.54) is 0 Å². The molecule has 1 aromatic rings. The fraction of sp³-hybridized carbons (Fsp3) is 0.769. The number of hydrogen-bond acceptors (Lipinski definition) is 3. The van der Waals surface area contributed by atoms with E-state index >= 15 is 0 Å². The van der Waals surface area contributed by atoms with Gasteiger partial charge in [0.2, 0.25) is 5.95 Å². The van der Waals surface area contributed by atoms with Gasteiger partial charge in [-0.25, -0.2) is 4.98 Å². The van der Waals surface area contributed by atoms with E-state index in [1.54, 1.807) is 0 Å². The number of nitrogens with one attached hydrogen (secondary N) is 1. The molecule has 0 aliphatic rings. The predicted octanol–water partition coefficient (Wildman–Crippen LogP) is 3.40. The summed E-state index contributed by atoms with van der Waals surface area (Å²) in [7, 11) is 0. The fourth-order valence-corrected chi connectivity index (χ4v) is 2.56. The van der Waals surface area contributed by atoms with E-state index in [0.717, 1.165) is 30.4 Å². The van der Waals surface area contributed by atoms with Crippen LogP contribution in [0.25, 0.3) is 0 Å². The second-order valence-corrected chi connectivity index (χ2v) is 5.87. The van der Waals surface area contributed by atoms with Crippen LogP contribution in [0.15, 0.2) is 6.20 Å². The van der Waals surface area contributed by atoms with Gasteiger partial charge in [-0.3, -0.25) is 0 Å². The SMILES string of the molecule is CCC(CSC)Nc1nc(C)cn1CC(C)C. The zero-order valence-electron chi connectivity index (χ0n) is 11.7. The first-order chi connectivity index (χ1) is 8.06. The van der Waals surface area contributed by atoms with Crippen LogP contribution in [0.1, 0.15) is 32.9 Å². The van der Waals surface area contributed by atoms with Crippen molar-refractivity contribution in [3.05, 3.63) is 11.9 Å². The molecule has 0 saturated heterocycles. The van der Waals surface area contributed by atoms with Gasteiger partial charge in [0.25, 0.3) is 0 Å². The zero-order valence-corrected chi connectivity index (χ0v) is 12.5. The molecule has 0 aliphatic carbocycles. The van der Waals surface area contributed by atoms with Crippen molar-refractivity contribution in [1.82, 2.24) is 9.55 Å². The molecule has 1 atom stereocenters. The van der Waals surface area contributed by atoms with Crippen LogP contribution >= 0.6 is 11.8 Å². The van der Waals surface area contributed by atoms with Gasteiger partial charge < -0.3 is 9.88 Å². The van der Waals surface area contributed by atoms with Gasteiger partial charge in [-0.05, 0) is 25.5 Å². The van der Waals surface area contributed by atoms with Crippen LogP contribution < -0.4 is 5.32 Å². The summed E-state index contributed by atoms with van der Waals surface area (Å²) in [6.45, 7) is 9.77. The van der Waals surface area contributed by atoms with Crippen LogP contribution in [-0.4, -0.2) is 27.6 Å². The second kappa shape index (κ2) is 6.94. The largest absolute Gasteiger partial charge is 0.352 e. The van der Waals surface area contributed by atoms with Gasteiger partial charge in [0.1, 0.15) is 0 Å². The molecular formula is C13H25N3S. The molecular weight excluding hydrogens is 230 g/mol. The molecule has 3 nitrogen and oxygen atoms in total. The highest BCUT2D eigenvalue weighted by molar-refractivity contribution is 7.98. The Morgan fingerprint density at radius 3 is 2.71 bits per heavy atom. The van der Waals surface area contributed by atoms with E-state index in [4.69, 9.17) is 0 Å². The molecule has 0 spiro atoms. The van der Waals surface area contributed by atoms with Gasteiger partial charge in [0.15, 0.2) is 0 Å². The zero-order chi connectivity index (χ0) is 12.8. The van der Waals surface area contributed by atoms with Crippen molar-refractivity contribution in [3.63, 3.8) is 0 Å². The summed E-state index contributed by atoms with van der Waals surface area (Å²) in [5, 5.41) is 3.56. The van der Waals surface area contributed by atoms with E-state index < -0.39 is 0 Å². The van der Waals surface area contributed by atoms with Gasteiger partial charge in [0, 0.05) is 24.5 Å². The first-order valence-electron chi connectivity index (χ1n) is 6.36. The highest BCUT2D eigenvalue weighted by Crippen LogP contribution is 2.14. The van der Waals surface area contributed by atoms with E-state index in [1.807, 2.05) is 11.8 Å². The summed E-state index contributed by atoms with van der Waals surface area (Å²) >= 11 is 1.88. The Bertz CT molecular complexity index is 333. The van der Waals surface area contributed by atoms with Gasteiger partial charge >= 0.3 is 0 Å². The quantitative estimate of drug-likeness (QED) is 0.810. The number of thioether (sulfide) groups is 1. The van der Waals surface area contributed by atoms with Crippen molar-refractivity contribution in [3.8, 4) is 0 Å². The third kappa shape index (κ3) is 4.62. The molecule has 0 saturated carbocycles. The minimum absolute atomic E-state index is 0.512. The lowest BCUT2D eigenvalue weighted by molar-refractivity contribution is 0.524. The molecule has 1 rings (SSSR count). The van der Waals surface area contributed by atoms with E-state index in [0.29, 0.717) is 12.0 Å². The van der Waals surface area contributed by atoms with E-state index in [9.17, 15) is 0 Å². The van der Waals surface area contributed by atoms with Crippen molar-refractivity contribution >= 4 is 17.7 Å². The van der Waals surface area contributed by atoms with Crippen LogP contribution in [0.4, 0.5) is 5.95 Å². The van der Waals surface area contributed by atoms with Crippen molar-refractivity contribution < 1.29 is 0 Å². The van der Waals surface area contributed by atoms with Gasteiger partial charge in [-0.2, -0.15) is 11.8 Å². The lowest BCUT2D eigenvalue weighted by atomic mass is 10.2. The van der Waals surface area contributed by atoms with Crippen molar-refractivity contribution in [1.29, 1.82) is 0 Å². The molecule has 0 aliphatic heterocycles. The van der Waals surface area contributed by atoms with Crippen molar-refractivity contribution in [2.45, 2.75) is 46.7 Å². The molecule has 1 heterocycles. The maximum absolute atomic E-state index is 4.58. The smallest absolute Gasteiger partial charge is 0.203 e. The third-order valence-electron chi connectivity index (χ3n) is 2.65. The molecule has 1 aromatic heterocycles. The average Bonchev–Trinajstić information content (AvgIpc) is 2.57. The number of imidazole rings is 1. The first kappa shape index (κ1) is 14.4. The Hall–Kier alpha value is -0.640. The highest BCUT2D eigenvalue weighted by Gasteiger charge is 2.11. The summed E-state index contributed by atoms with van der Waals surface area (Å²) in [5.41, 5.74) is 1.09. The molecule has 1 N–H and O–H groups in total. The minimum atomic E-state index is 0.512. The number of rotatable bonds is 7. The Morgan fingerprint density at radius 1 is 1.47 bits per heavy atom. The lowest BCUT2D eigenvalue weighted by Gasteiger charge is -2.18. The lowest BCUT2D eigenvalue weighted by Crippen LogP contribution is -2.24. The van der Waals surface area contributed by atoms with Gasteiger partial charge in [0.05, 0.1) is 5.69 Å². The number of nitrogens with zero attached hydrogens (tertiary/aromatic N) is 2. The monoisotopic (exact) mass is 255 g/mol. The summed E-state index contributed by atoms with van der Waals surface area (Å²) in [4.78, 5) is 4.58. The molecule has 0 fully saturated rings. The fourth-order valence-electron chi connectivity index (χ4n) is 1.84. The van der Waals surface area contributed by atoms with Crippen LogP contribution in [0, 0.1) is 12.8 Å². The van der Waals surface area contributed by atoms with E-state index in [2.05, 4.69) is 55.0 Å². The molecule has 1 unspecified atom stereocenters. The molecule has 0 aromatic carbocycles. The maximum Gasteiger partial charge on any atom is 0.203 e. The standard InChI is InChI=1S/C13H25N3S/c1-6-12(9-17-5)15-13-14-11(4)8-16(13)7-10(2)3/h8,10,12H,6-7,9H2,1-5H3,(H,14,15). The minimum Gasteiger partial charge on any atom is -0.352 e. The number of aromatic nitrogens is 2. The summed E-state index contributed by atoms with van der Waals surface area (Å²) < 4.78 is 2.24. The molecule has 0 bridgehead atoms. The Kier molecular flexibility index (Phi) is 5.89. The van der Waals surface area contributed by atoms with Crippen LogP contribution in [-0.2, 0) is 6.54 Å². The maximum atomic E-state index is 4.58. The Balaban J connectivity index is 2.74. The summed E-state index contributed by atoms with van der Waals surface area (Å²) in [6, 6.07) is 0.512. The average molecular weight is 255 g/mol. The molecule has 0 amide bonds. The summed E-state index contributed by atoms with van der Waals surface area (Å²) in [6.07, 6.45) is 5.42.